The molecule has 1 heterocycles. The Labute approximate surface area is 184 Å². The lowest BCUT2D eigenvalue weighted by molar-refractivity contribution is 0.0325. The summed E-state index contributed by atoms with van der Waals surface area (Å²) < 4.78 is 38.0. The molecule has 0 aliphatic carbocycles. The van der Waals surface area contributed by atoms with E-state index in [9.17, 15) is 18.0 Å². The zero-order valence-corrected chi connectivity index (χ0v) is 20.1. The minimum Gasteiger partial charge on any atom is -0.443 e. The molecule has 9 heteroatoms. The van der Waals surface area contributed by atoms with Crippen LogP contribution in [0.4, 0.5) is 9.59 Å². The first kappa shape index (κ1) is 24.7. The highest BCUT2D eigenvalue weighted by Gasteiger charge is 2.35. The summed E-state index contributed by atoms with van der Waals surface area (Å²) in [6.45, 7) is 12.4. The number of ether oxygens (including phenoxy) is 2. The molecule has 1 aliphatic rings. The van der Waals surface area contributed by atoms with Crippen molar-refractivity contribution < 1.29 is 27.5 Å². The normalized spacial score (nSPS) is 16.4. The van der Waals surface area contributed by atoms with Gasteiger partial charge in [0.1, 0.15) is 11.2 Å². The Kier molecular flexibility index (Phi) is 7.10. The fraction of sp³-hybridized carbons (Fsp3) is 0.545. The van der Waals surface area contributed by atoms with E-state index in [1.54, 1.807) is 53.7 Å². The van der Waals surface area contributed by atoms with E-state index in [4.69, 9.17) is 9.47 Å². The number of hydrogen-bond acceptors (Lipinski definition) is 6. The van der Waals surface area contributed by atoms with E-state index < -0.39 is 33.4 Å². The SMILES string of the molecule is Cc1ccc(S(=O)(=O)N(C=C2CCCN2C(=O)OC(C)(C)C)C(=O)OC(C)(C)C)cc1. The van der Waals surface area contributed by atoms with Crippen molar-refractivity contribution >= 4 is 22.2 Å². The molecule has 1 aromatic carbocycles. The molecule has 31 heavy (non-hydrogen) atoms. The fourth-order valence-electron chi connectivity index (χ4n) is 2.84. The predicted molar refractivity (Wildman–Crippen MR) is 117 cm³/mol. The van der Waals surface area contributed by atoms with Crippen LogP contribution in [0.1, 0.15) is 59.9 Å². The summed E-state index contributed by atoms with van der Waals surface area (Å²) in [4.78, 5) is 26.8. The van der Waals surface area contributed by atoms with Gasteiger partial charge in [0.05, 0.1) is 4.90 Å². The fourth-order valence-corrected chi connectivity index (χ4v) is 4.04. The maximum absolute atomic E-state index is 13.3. The van der Waals surface area contributed by atoms with Crippen molar-refractivity contribution in [2.75, 3.05) is 6.54 Å². The lowest BCUT2D eigenvalue weighted by Crippen LogP contribution is -2.39. The molecule has 0 atom stereocenters. The van der Waals surface area contributed by atoms with Crippen LogP contribution < -0.4 is 0 Å². The van der Waals surface area contributed by atoms with E-state index >= 15 is 0 Å². The van der Waals surface area contributed by atoms with Gasteiger partial charge >= 0.3 is 12.2 Å². The van der Waals surface area contributed by atoms with Crippen LogP contribution in [0.15, 0.2) is 41.1 Å². The van der Waals surface area contributed by atoms with Crippen LogP contribution in [0.25, 0.3) is 0 Å². The Bertz CT molecular complexity index is 953. The summed E-state index contributed by atoms with van der Waals surface area (Å²) in [5.41, 5.74) is -0.357. The number of carbonyl (C=O) groups excluding carboxylic acids is 2. The Morgan fingerprint density at radius 3 is 2.06 bits per heavy atom. The van der Waals surface area contributed by atoms with Crippen LogP contribution in [0.3, 0.4) is 0 Å². The molecule has 0 bridgehead atoms. The summed E-state index contributed by atoms with van der Waals surface area (Å²) in [5, 5.41) is 0. The van der Waals surface area contributed by atoms with Crippen molar-refractivity contribution in [3.8, 4) is 0 Å². The van der Waals surface area contributed by atoms with Gasteiger partial charge in [0.15, 0.2) is 0 Å². The predicted octanol–water partition coefficient (Wildman–Crippen LogP) is 4.79. The number of aryl methyl sites for hydroxylation is 1. The van der Waals surface area contributed by atoms with Gasteiger partial charge in [-0.15, -0.1) is 0 Å². The Hall–Kier alpha value is -2.55. The van der Waals surface area contributed by atoms with E-state index in [1.165, 1.54) is 23.2 Å². The smallest absolute Gasteiger partial charge is 0.428 e. The zero-order chi connectivity index (χ0) is 23.6. The third kappa shape index (κ3) is 6.72. The molecule has 1 aliphatic heterocycles. The molecule has 0 radical (unpaired) electrons. The lowest BCUT2D eigenvalue weighted by atomic mass is 10.2. The minimum atomic E-state index is -4.26. The first-order valence-corrected chi connectivity index (χ1v) is 11.6. The topological polar surface area (TPSA) is 93.2 Å². The molecule has 172 valence electrons. The van der Waals surface area contributed by atoms with Crippen molar-refractivity contribution in [2.45, 2.75) is 77.4 Å². The van der Waals surface area contributed by atoms with E-state index in [-0.39, 0.29) is 4.90 Å². The second-order valence-corrected chi connectivity index (χ2v) is 11.3. The van der Waals surface area contributed by atoms with Gasteiger partial charge in [-0.2, -0.15) is 4.31 Å². The molecule has 0 spiro atoms. The van der Waals surface area contributed by atoms with E-state index in [1.807, 2.05) is 6.92 Å². The van der Waals surface area contributed by atoms with Crippen LogP contribution in [-0.4, -0.2) is 47.6 Å². The van der Waals surface area contributed by atoms with Gasteiger partial charge in [-0.25, -0.2) is 18.0 Å². The van der Waals surface area contributed by atoms with Crippen molar-refractivity contribution in [1.82, 2.24) is 9.21 Å². The van der Waals surface area contributed by atoms with Gasteiger partial charge in [0, 0.05) is 18.4 Å². The standard InChI is InChI=1S/C22H32N2O6S/c1-16-10-12-18(13-11-16)31(27,28)24(20(26)30-22(5,6)7)15-17-9-8-14-23(17)19(25)29-21(2,3)4/h10-13,15H,8-9,14H2,1-7H3. The first-order chi connectivity index (χ1) is 14.1. The number of benzene rings is 1. The highest BCUT2D eigenvalue weighted by Crippen LogP contribution is 2.27. The largest absolute Gasteiger partial charge is 0.443 e. The quantitative estimate of drug-likeness (QED) is 0.654. The van der Waals surface area contributed by atoms with Crippen LogP contribution in [0.2, 0.25) is 0 Å². The summed E-state index contributed by atoms with van der Waals surface area (Å²) in [6, 6.07) is 6.16. The molecule has 1 saturated heterocycles. The van der Waals surface area contributed by atoms with E-state index in [0.717, 1.165) is 5.56 Å². The first-order valence-electron chi connectivity index (χ1n) is 10.2. The molecule has 8 nitrogen and oxygen atoms in total. The van der Waals surface area contributed by atoms with Crippen molar-refractivity contribution in [2.24, 2.45) is 0 Å². The Balaban J connectivity index is 2.48. The Morgan fingerprint density at radius 2 is 1.55 bits per heavy atom. The van der Waals surface area contributed by atoms with Gasteiger partial charge in [-0.05, 0) is 73.4 Å². The van der Waals surface area contributed by atoms with Crippen molar-refractivity contribution in [3.05, 3.63) is 41.7 Å². The highest BCUT2D eigenvalue weighted by molar-refractivity contribution is 7.89. The molecule has 0 unspecified atom stereocenters. The van der Waals surface area contributed by atoms with Crippen molar-refractivity contribution in [1.29, 1.82) is 0 Å². The number of carbonyl (C=O) groups is 2. The molecule has 2 rings (SSSR count). The summed E-state index contributed by atoms with van der Waals surface area (Å²) in [7, 11) is -4.26. The number of rotatable bonds is 3. The van der Waals surface area contributed by atoms with Crippen LogP contribution >= 0.6 is 0 Å². The minimum absolute atomic E-state index is 0.0531. The molecule has 0 saturated carbocycles. The Morgan fingerprint density at radius 1 is 1.00 bits per heavy atom. The molecule has 0 aromatic heterocycles. The van der Waals surface area contributed by atoms with E-state index in [0.29, 0.717) is 29.4 Å². The monoisotopic (exact) mass is 452 g/mol. The summed E-state index contributed by atoms with van der Waals surface area (Å²) in [6.07, 6.45) is 0.574. The second kappa shape index (κ2) is 8.90. The third-order valence-electron chi connectivity index (χ3n) is 4.19. The number of hydrogen-bond donors (Lipinski definition) is 0. The van der Waals surface area contributed by atoms with Gasteiger partial charge in [0.25, 0.3) is 10.0 Å². The zero-order valence-electron chi connectivity index (χ0n) is 19.3. The summed E-state index contributed by atoms with van der Waals surface area (Å²) >= 11 is 0. The van der Waals surface area contributed by atoms with Gasteiger partial charge < -0.3 is 9.47 Å². The summed E-state index contributed by atoms with van der Waals surface area (Å²) in [5.74, 6) is 0. The third-order valence-corrected chi connectivity index (χ3v) is 5.83. The lowest BCUT2D eigenvalue weighted by Gasteiger charge is -2.28. The maximum Gasteiger partial charge on any atom is 0.428 e. The highest BCUT2D eigenvalue weighted by atomic mass is 32.2. The number of nitrogens with zero attached hydrogens (tertiary/aromatic N) is 2. The number of likely N-dealkylation sites (tertiary alicyclic amines) is 1. The average molecular weight is 453 g/mol. The molecule has 0 N–H and O–H groups in total. The number of amides is 2. The average Bonchev–Trinajstić information content (AvgIpc) is 3.05. The second-order valence-electron chi connectivity index (χ2n) is 9.45. The molecule has 1 aromatic rings. The van der Waals surface area contributed by atoms with Gasteiger partial charge in [0.2, 0.25) is 0 Å². The maximum atomic E-state index is 13.3. The molecule has 1 fully saturated rings. The molecular formula is C22H32N2O6S. The molecular weight excluding hydrogens is 420 g/mol. The number of allylic oxidation sites excluding steroid dienone is 1. The van der Waals surface area contributed by atoms with Crippen LogP contribution in [0, 0.1) is 6.92 Å². The van der Waals surface area contributed by atoms with Gasteiger partial charge in [-0.1, -0.05) is 17.7 Å². The van der Waals surface area contributed by atoms with Crippen LogP contribution in [-0.2, 0) is 19.5 Å². The van der Waals surface area contributed by atoms with E-state index in [2.05, 4.69) is 0 Å². The van der Waals surface area contributed by atoms with Crippen LogP contribution in [0.5, 0.6) is 0 Å². The molecule has 2 amide bonds. The van der Waals surface area contributed by atoms with Crippen molar-refractivity contribution in [3.63, 3.8) is 0 Å². The van der Waals surface area contributed by atoms with Gasteiger partial charge in [-0.3, -0.25) is 4.90 Å². The number of sulfonamides is 1.